The standard InChI is InChI=1S/C14H32N4O.HI/c1-5-18(6-2)12-8-7-10-16-14(15-3)17-11-9-13-19-4;/h5-13H2,1-4H3,(H2,15,16,17);1H. The topological polar surface area (TPSA) is 48.9 Å². The maximum absolute atomic E-state index is 5.01. The first-order valence-corrected chi connectivity index (χ1v) is 7.44. The van der Waals surface area contributed by atoms with Crippen molar-refractivity contribution >= 4 is 29.9 Å². The summed E-state index contributed by atoms with van der Waals surface area (Å²) in [6, 6.07) is 0. The molecule has 0 atom stereocenters. The highest BCUT2D eigenvalue weighted by Gasteiger charge is 1.99. The van der Waals surface area contributed by atoms with Gasteiger partial charge in [-0.1, -0.05) is 13.8 Å². The molecule has 0 fully saturated rings. The van der Waals surface area contributed by atoms with Crippen LogP contribution in [0.2, 0.25) is 0 Å². The molecule has 0 aliphatic carbocycles. The van der Waals surface area contributed by atoms with E-state index in [1.807, 2.05) is 7.05 Å². The van der Waals surface area contributed by atoms with Crippen LogP contribution in [-0.4, -0.2) is 64.3 Å². The van der Waals surface area contributed by atoms with E-state index >= 15 is 0 Å². The fraction of sp³-hybridized carbons (Fsp3) is 0.929. The molecule has 0 saturated heterocycles. The van der Waals surface area contributed by atoms with Crippen LogP contribution in [0.5, 0.6) is 0 Å². The molecule has 0 spiro atoms. The van der Waals surface area contributed by atoms with E-state index in [1.165, 1.54) is 19.4 Å². The number of hydrogen-bond acceptors (Lipinski definition) is 3. The quantitative estimate of drug-likeness (QED) is 0.241. The summed E-state index contributed by atoms with van der Waals surface area (Å²) in [5, 5.41) is 6.61. The predicted molar refractivity (Wildman–Crippen MR) is 98.3 cm³/mol. The molecule has 2 N–H and O–H groups in total. The normalized spacial score (nSPS) is 11.3. The average Bonchev–Trinajstić information content (AvgIpc) is 2.45. The van der Waals surface area contributed by atoms with Gasteiger partial charge in [0.25, 0.3) is 0 Å². The summed E-state index contributed by atoms with van der Waals surface area (Å²) in [7, 11) is 3.53. The second-order valence-electron chi connectivity index (χ2n) is 4.51. The van der Waals surface area contributed by atoms with Gasteiger partial charge in [-0.05, 0) is 38.9 Å². The lowest BCUT2D eigenvalue weighted by atomic mass is 10.3. The number of nitrogens with one attached hydrogen (secondary N) is 2. The second-order valence-corrected chi connectivity index (χ2v) is 4.51. The Balaban J connectivity index is 0. The smallest absolute Gasteiger partial charge is 0.190 e. The monoisotopic (exact) mass is 400 g/mol. The van der Waals surface area contributed by atoms with E-state index in [2.05, 4.69) is 34.4 Å². The van der Waals surface area contributed by atoms with Gasteiger partial charge in [-0.2, -0.15) is 0 Å². The van der Waals surface area contributed by atoms with Gasteiger partial charge in [0.1, 0.15) is 0 Å². The SMILES string of the molecule is CCN(CC)CCCCNC(=NC)NCCCOC.I. The van der Waals surface area contributed by atoms with Crippen molar-refractivity contribution in [3.05, 3.63) is 0 Å². The van der Waals surface area contributed by atoms with Gasteiger partial charge in [0.05, 0.1) is 0 Å². The van der Waals surface area contributed by atoms with Crippen molar-refractivity contribution in [3.63, 3.8) is 0 Å². The van der Waals surface area contributed by atoms with E-state index < -0.39 is 0 Å². The highest BCUT2D eigenvalue weighted by molar-refractivity contribution is 14.0. The number of methoxy groups -OCH3 is 1. The summed E-state index contributed by atoms with van der Waals surface area (Å²) in [6.45, 7) is 10.6. The lowest BCUT2D eigenvalue weighted by molar-refractivity contribution is 0.195. The third-order valence-corrected chi connectivity index (χ3v) is 3.13. The molecule has 0 aromatic heterocycles. The van der Waals surface area contributed by atoms with E-state index in [9.17, 15) is 0 Å². The van der Waals surface area contributed by atoms with Crippen LogP contribution in [0, 0.1) is 0 Å². The van der Waals surface area contributed by atoms with Gasteiger partial charge in [0.15, 0.2) is 5.96 Å². The summed E-state index contributed by atoms with van der Waals surface area (Å²) in [4.78, 5) is 6.65. The van der Waals surface area contributed by atoms with Crippen LogP contribution in [0.25, 0.3) is 0 Å². The summed E-state index contributed by atoms with van der Waals surface area (Å²) < 4.78 is 5.01. The Bertz CT molecular complexity index is 223. The van der Waals surface area contributed by atoms with Crippen LogP contribution in [0.1, 0.15) is 33.1 Å². The highest BCUT2D eigenvalue weighted by Crippen LogP contribution is 1.93. The van der Waals surface area contributed by atoms with Crippen molar-refractivity contribution < 1.29 is 4.74 Å². The minimum absolute atomic E-state index is 0. The van der Waals surface area contributed by atoms with Crippen LogP contribution >= 0.6 is 24.0 Å². The van der Waals surface area contributed by atoms with Crippen LogP contribution in [-0.2, 0) is 4.74 Å². The Hall–Kier alpha value is -0.0800. The van der Waals surface area contributed by atoms with Gasteiger partial charge in [-0.3, -0.25) is 4.99 Å². The first-order valence-electron chi connectivity index (χ1n) is 7.44. The second kappa shape index (κ2) is 17.0. The van der Waals surface area contributed by atoms with Crippen molar-refractivity contribution in [1.29, 1.82) is 0 Å². The minimum atomic E-state index is 0. The van der Waals surface area contributed by atoms with E-state index in [0.29, 0.717) is 0 Å². The van der Waals surface area contributed by atoms with Crippen molar-refractivity contribution in [2.45, 2.75) is 33.1 Å². The molecule has 0 aromatic carbocycles. The highest BCUT2D eigenvalue weighted by atomic mass is 127. The van der Waals surface area contributed by atoms with Gasteiger partial charge in [-0.15, -0.1) is 24.0 Å². The minimum Gasteiger partial charge on any atom is -0.385 e. The number of ether oxygens (including phenoxy) is 1. The maximum Gasteiger partial charge on any atom is 0.190 e. The molecule has 0 heterocycles. The first kappa shape index (κ1) is 22.2. The lowest BCUT2D eigenvalue weighted by Crippen LogP contribution is -2.38. The molecule has 6 heteroatoms. The predicted octanol–water partition coefficient (Wildman–Crippen LogP) is 1.93. The molecule has 0 aliphatic rings. The van der Waals surface area contributed by atoms with E-state index in [1.54, 1.807) is 7.11 Å². The molecule has 0 aromatic rings. The molecule has 0 radical (unpaired) electrons. The Morgan fingerprint density at radius 1 is 1.05 bits per heavy atom. The molecular formula is C14H33IN4O. The molecule has 0 unspecified atom stereocenters. The third kappa shape index (κ3) is 12.9. The molecule has 0 aliphatic heterocycles. The first-order chi connectivity index (χ1) is 9.28. The molecule has 0 rings (SSSR count). The van der Waals surface area contributed by atoms with Crippen molar-refractivity contribution in [2.75, 3.05) is 53.5 Å². The van der Waals surface area contributed by atoms with Crippen molar-refractivity contribution in [3.8, 4) is 0 Å². The van der Waals surface area contributed by atoms with Crippen LogP contribution < -0.4 is 10.6 Å². The number of nitrogens with zero attached hydrogens (tertiary/aromatic N) is 2. The molecule has 5 nitrogen and oxygen atoms in total. The number of rotatable bonds is 11. The van der Waals surface area contributed by atoms with Crippen LogP contribution in [0.4, 0.5) is 0 Å². The molecule has 20 heavy (non-hydrogen) atoms. The molecular weight excluding hydrogens is 367 g/mol. The zero-order chi connectivity index (χ0) is 14.3. The number of halogens is 1. The Labute approximate surface area is 141 Å². The number of hydrogen-bond donors (Lipinski definition) is 2. The number of unbranched alkanes of at least 4 members (excludes halogenated alkanes) is 1. The Kier molecular flexibility index (Phi) is 18.8. The van der Waals surface area contributed by atoms with Crippen molar-refractivity contribution in [1.82, 2.24) is 15.5 Å². The van der Waals surface area contributed by atoms with E-state index in [-0.39, 0.29) is 24.0 Å². The zero-order valence-corrected chi connectivity index (χ0v) is 15.9. The molecule has 0 saturated carbocycles. The molecule has 122 valence electrons. The Morgan fingerprint density at radius 3 is 2.15 bits per heavy atom. The van der Waals surface area contributed by atoms with Gasteiger partial charge in [-0.25, -0.2) is 0 Å². The van der Waals surface area contributed by atoms with Crippen LogP contribution in [0.15, 0.2) is 4.99 Å². The summed E-state index contributed by atoms with van der Waals surface area (Å²) in [5.74, 6) is 0.888. The summed E-state index contributed by atoms with van der Waals surface area (Å²) in [6.07, 6.45) is 3.41. The average molecular weight is 400 g/mol. The number of aliphatic imine (C=N–C) groups is 1. The van der Waals surface area contributed by atoms with Crippen molar-refractivity contribution in [2.24, 2.45) is 4.99 Å². The lowest BCUT2D eigenvalue weighted by Gasteiger charge is -2.18. The van der Waals surface area contributed by atoms with Gasteiger partial charge < -0.3 is 20.3 Å². The largest absolute Gasteiger partial charge is 0.385 e. The van der Waals surface area contributed by atoms with E-state index in [0.717, 1.165) is 45.2 Å². The summed E-state index contributed by atoms with van der Waals surface area (Å²) >= 11 is 0. The molecule has 0 amide bonds. The van der Waals surface area contributed by atoms with Crippen LogP contribution in [0.3, 0.4) is 0 Å². The molecule has 0 bridgehead atoms. The third-order valence-electron chi connectivity index (χ3n) is 3.13. The fourth-order valence-corrected chi connectivity index (χ4v) is 1.85. The fourth-order valence-electron chi connectivity index (χ4n) is 1.85. The van der Waals surface area contributed by atoms with Gasteiger partial charge in [0, 0.05) is 33.9 Å². The number of guanidine groups is 1. The maximum atomic E-state index is 5.01. The van der Waals surface area contributed by atoms with E-state index in [4.69, 9.17) is 4.74 Å². The van der Waals surface area contributed by atoms with Gasteiger partial charge in [0.2, 0.25) is 0 Å². The Morgan fingerprint density at radius 2 is 1.65 bits per heavy atom. The summed E-state index contributed by atoms with van der Waals surface area (Å²) in [5.41, 5.74) is 0. The zero-order valence-electron chi connectivity index (χ0n) is 13.6. The van der Waals surface area contributed by atoms with Gasteiger partial charge >= 0.3 is 0 Å².